The normalized spacial score (nSPS) is 10.3. The molecule has 1 aromatic carbocycles. The zero-order valence-electron chi connectivity index (χ0n) is 9.88. The monoisotopic (exact) mass is 314 g/mol. The van der Waals surface area contributed by atoms with Gasteiger partial charge in [-0.25, -0.2) is 4.98 Å². The number of carbonyl (C=O) groups excluding carboxylic acids is 1. The Labute approximate surface area is 125 Å². The molecule has 98 valence electrons. The molecular formula is C13H9Cl3N2O. The molecule has 0 unspecified atom stereocenters. The molecule has 3 nitrogen and oxygen atoms in total. The molecule has 0 aliphatic heterocycles. The summed E-state index contributed by atoms with van der Waals surface area (Å²) >= 11 is 17.6. The molecule has 0 radical (unpaired) electrons. The highest BCUT2D eigenvalue weighted by Gasteiger charge is 2.10. The van der Waals surface area contributed by atoms with E-state index in [0.29, 0.717) is 27.0 Å². The van der Waals surface area contributed by atoms with Gasteiger partial charge in [0.15, 0.2) is 0 Å². The average Bonchev–Trinajstić information content (AvgIpc) is 2.32. The zero-order valence-corrected chi connectivity index (χ0v) is 12.1. The van der Waals surface area contributed by atoms with Gasteiger partial charge < -0.3 is 5.32 Å². The van der Waals surface area contributed by atoms with Gasteiger partial charge in [-0.2, -0.15) is 0 Å². The molecule has 0 fully saturated rings. The van der Waals surface area contributed by atoms with E-state index in [9.17, 15) is 4.79 Å². The lowest BCUT2D eigenvalue weighted by atomic mass is 10.2. The molecule has 0 spiro atoms. The molecule has 1 aromatic heterocycles. The third-order valence-corrected chi connectivity index (χ3v) is 3.12. The summed E-state index contributed by atoms with van der Waals surface area (Å²) in [6.07, 6.45) is 0. The first-order chi connectivity index (χ1) is 8.95. The van der Waals surface area contributed by atoms with E-state index in [1.165, 1.54) is 6.07 Å². The molecule has 19 heavy (non-hydrogen) atoms. The van der Waals surface area contributed by atoms with Crippen LogP contribution in [0.1, 0.15) is 16.1 Å². The Bertz CT molecular complexity index is 624. The highest BCUT2D eigenvalue weighted by molar-refractivity contribution is 6.36. The molecule has 0 aliphatic rings. The first-order valence-corrected chi connectivity index (χ1v) is 6.49. The second-order valence-corrected chi connectivity index (χ2v) is 5.13. The van der Waals surface area contributed by atoms with Crippen molar-refractivity contribution >= 4 is 46.4 Å². The van der Waals surface area contributed by atoms with Gasteiger partial charge in [0.1, 0.15) is 5.15 Å². The van der Waals surface area contributed by atoms with Gasteiger partial charge in [-0.3, -0.25) is 4.79 Å². The SMILES string of the molecule is Cc1cc(C(=O)Nc2cc(Cl)ccc2Cl)cc(Cl)n1. The Kier molecular flexibility index (Phi) is 4.30. The summed E-state index contributed by atoms with van der Waals surface area (Å²) < 4.78 is 0. The minimum Gasteiger partial charge on any atom is -0.321 e. The maximum absolute atomic E-state index is 12.1. The number of amides is 1. The summed E-state index contributed by atoms with van der Waals surface area (Å²) in [6.45, 7) is 1.76. The van der Waals surface area contributed by atoms with Gasteiger partial charge in [-0.1, -0.05) is 34.8 Å². The Morgan fingerprint density at radius 3 is 2.58 bits per heavy atom. The minimum absolute atomic E-state index is 0.266. The number of hydrogen-bond acceptors (Lipinski definition) is 2. The summed E-state index contributed by atoms with van der Waals surface area (Å²) in [5.41, 5.74) is 1.52. The van der Waals surface area contributed by atoms with E-state index in [2.05, 4.69) is 10.3 Å². The fourth-order valence-electron chi connectivity index (χ4n) is 1.55. The number of aryl methyl sites for hydroxylation is 1. The fourth-order valence-corrected chi connectivity index (χ4v) is 2.13. The first-order valence-electron chi connectivity index (χ1n) is 5.36. The van der Waals surface area contributed by atoms with Crippen molar-refractivity contribution in [3.63, 3.8) is 0 Å². The predicted molar refractivity (Wildman–Crippen MR) is 78.4 cm³/mol. The van der Waals surface area contributed by atoms with E-state index in [0.717, 1.165) is 0 Å². The van der Waals surface area contributed by atoms with Crippen molar-refractivity contribution in [1.29, 1.82) is 0 Å². The van der Waals surface area contributed by atoms with Crippen LogP contribution in [0.25, 0.3) is 0 Å². The molecule has 6 heteroatoms. The Morgan fingerprint density at radius 2 is 1.89 bits per heavy atom. The van der Waals surface area contributed by atoms with E-state index in [1.54, 1.807) is 31.2 Å². The van der Waals surface area contributed by atoms with Crippen LogP contribution in [0, 0.1) is 6.92 Å². The number of hydrogen-bond donors (Lipinski definition) is 1. The molecule has 0 saturated heterocycles. The van der Waals surface area contributed by atoms with Crippen molar-refractivity contribution in [1.82, 2.24) is 4.98 Å². The lowest BCUT2D eigenvalue weighted by Crippen LogP contribution is -2.12. The van der Waals surface area contributed by atoms with Gasteiger partial charge >= 0.3 is 0 Å². The van der Waals surface area contributed by atoms with E-state index < -0.39 is 0 Å². The van der Waals surface area contributed by atoms with Crippen LogP contribution in [-0.4, -0.2) is 10.9 Å². The van der Waals surface area contributed by atoms with Crippen LogP contribution in [-0.2, 0) is 0 Å². The fraction of sp³-hybridized carbons (Fsp3) is 0.0769. The summed E-state index contributed by atoms with van der Waals surface area (Å²) in [5, 5.41) is 3.85. The number of carbonyl (C=O) groups is 1. The van der Waals surface area contributed by atoms with Gasteiger partial charge in [-0.05, 0) is 37.3 Å². The number of nitrogens with zero attached hydrogens (tertiary/aromatic N) is 1. The highest BCUT2D eigenvalue weighted by Crippen LogP contribution is 2.26. The Morgan fingerprint density at radius 1 is 1.16 bits per heavy atom. The van der Waals surface area contributed by atoms with Crippen LogP contribution >= 0.6 is 34.8 Å². The van der Waals surface area contributed by atoms with Crippen LogP contribution in [0.3, 0.4) is 0 Å². The predicted octanol–water partition coefficient (Wildman–Crippen LogP) is 4.60. The van der Waals surface area contributed by atoms with Gasteiger partial charge in [0.25, 0.3) is 5.91 Å². The lowest BCUT2D eigenvalue weighted by Gasteiger charge is -2.08. The van der Waals surface area contributed by atoms with Crippen LogP contribution in [0.5, 0.6) is 0 Å². The number of nitrogens with one attached hydrogen (secondary N) is 1. The number of rotatable bonds is 2. The molecule has 0 bridgehead atoms. The molecular weight excluding hydrogens is 307 g/mol. The van der Waals surface area contributed by atoms with Crippen molar-refractivity contribution in [3.05, 3.63) is 56.8 Å². The number of aromatic nitrogens is 1. The Balaban J connectivity index is 2.28. The van der Waals surface area contributed by atoms with E-state index in [-0.39, 0.29) is 11.1 Å². The number of pyridine rings is 1. The van der Waals surface area contributed by atoms with Crippen molar-refractivity contribution in [2.45, 2.75) is 6.92 Å². The van der Waals surface area contributed by atoms with Crippen LogP contribution in [0.2, 0.25) is 15.2 Å². The molecule has 1 N–H and O–H groups in total. The standard InChI is InChI=1S/C13H9Cl3N2O/c1-7-4-8(5-12(16)17-7)13(19)18-11-6-9(14)2-3-10(11)15/h2-6H,1H3,(H,18,19). The first kappa shape index (κ1) is 14.1. The molecule has 2 aromatic rings. The van der Waals surface area contributed by atoms with Crippen LogP contribution in [0.15, 0.2) is 30.3 Å². The van der Waals surface area contributed by atoms with Crippen molar-refractivity contribution < 1.29 is 4.79 Å². The van der Waals surface area contributed by atoms with E-state index in [1.807, 2.05) is 0 Å². The number of halogens is 3. The van der Waals surface area contributed by atoms with E-state index >= 15 is 0 Å². The van der Waals surface area contributed by atoms with Crippen molar-refractivity contribution in [3.8, 4) is 0 Å². The lowest BCUT2D eigenvalue weighted by molar-refractivity contribution is 0.102. The Hall–Kier alpha value is -1.29. The second-order valence-electron chi connectivity index (χ2n) is 3.90. The van der Waals surface area contributed by atoms with E-state index in [4.69, 9.17) is 34.8 Å². The molecule has 0 saturated carbocycles. The van der Waals surface area contributed by atoms with Crippen molar-refractivity contribution in [2.24, 2.45) is 0 Å². The largest absolute Gasteiger partial charge is 0.321 e. The molecule has 1 heterocycles. The average molecular weight is 316 g/mol. The van der Waals surface area contributed by atoms with Gasteiger partial charge in [0.05, 0.1) is 10.7 Å². The molecule has 2 rings (SSSR count). The molecule has 0 atom stereocenters. The molecule has 0 aliphatic carbocycles. The van der Waals surface area contributed by atoms with Gasteiger partial charge in [0, 0.05) is 16.3 Å². The molecule has 1 amide bonds. The number of anilines is 1. The van der Waals surface area contributed by atoms with Crippen LogP contribution in [0.4, 0.5) is 5.69 Å². The van der Waals surface area contributed by atoms with Gasteiger partial charge in [-0.15, -0.1) is 0 Å². The minimum atomic E-state index is -0.323. The summed E-state index contributed by atoms with van der Waals surface area (Å²) in [4.78, 5) is 16.1. The highest BCUT2D eigenvalue weighted by atomic mass is 35.5. The third-order valence-electron chi connectivity index (χ3n) is 2.36. The quantitative estimate of drug-likeness (QED) is 0.823. The summed E-state index contributed by atoms with van der Waals surface area (Å²) in [5.74, 6) is -0.323. The summed E-state index contributed by atoms with van der Waals surface area (Å²) in [6, 6.07) is 7.97. The van der Waals surface area contributed by atoms with Gasteiger partial charge in [0.2, 0.25) is 0 Å². The summed E-state index contributed by atoms with van der Waals surface area (Å²) in [7, 11) is 0. The smallest absolute Gasteiger partial charge is 0.255 e. The maximum Gasteiger partial charge on any atom is 0.255 e. The van der Waals surface area contributed by atoms with Crippen LogP contribution < -0.4 is 5.32 Å². The zero-order chi connectivity index (χ0) is 14.0. The third kappa shape index (κ3) is 3.60. The van der Waals surface area contributed by atoms with Crippen molar-refractivity contribution in [2.75, 3.05) is 5.32 Å². The maximum atomic E-state index is 12.1. The number of benzene rings is 1. The topological polar surface area (TPSA) is 42.0 Å². The second kappa shape index (κ2) is 5.78.